The summed E-state index contributed by atoms with van der Waals surface area (Å²) in [5.74, 6) is 0.586. The number of nitrogens with zero attached hydrogens (tertiary/aromatic N) is 1. The van der Waals surface area contributed by atoms with Gasteiger partial charge < -0.3 is 15.4 Å². The summed E-state index contributed by atoms with van der Waals surface area (Å²) in [6.07, 6.45) is 3.27. The Morgan fingerprint density at radius 3 is 2.46 bits per heavy atom. The van der Waals surface area contributed by atoms with Crippen LogP contribution in [0.5, 0.6) is 5.75 Å². The maximum atomic E-state index is 12.5. The van der Waals surface area contributed by atoms with E-state index >= 15 is 0 Å². The molecule has 0 unspecified atom stereocenters. The number of methoxy groups -OCH3 is 1. The molecule has 0 aliphatic rings. The number of carbonyl (C=O) groups is 1. The molecule has 24 heavy (non-hydrogen) atoms. The van der Waals surface area contributed by atoms with Crippen molar-refractivity contribution < 1.29 is 9.53 Å². The zero-order valence-corrected chi connectivity index (χ0v) is 13.2. The standard InChI is InChI=1S/C19H17N3O2/c1-24-16-10-8-14(9-11-16)21-18-7-3-2-6-17(18)19(23)22-15-5-4-12-20-13-15/h2-13,21H,1H3,(H,22,23). The third-order valence-corrected chi connectivity index (χ3v) is 3.46. The van der Waals surface area contributed by atoms with Gasteiger partial charge in [0.2, 0.25) is 0 Å². The van der Waals surface area contributed by atoms with Gasteiger partial charge in [-0.25, -0.2) is 0 Å². The highest BCUT2D eigenvalue weighted by atomic mass is 16.5. The highest BCUT2D eigenvalue weighted by Gasteiger charge is 2.11. The van der Waals surface area contributed by atoms with E-state index < -0.39 is 0 Å². The number of ether oxygens (including phenoxy) is 1. The van der Waals surface area contributed by atoms with Gasteiger partial charge in [0.1, 0.15) is 5.75 Å². The number of benzene rings is 2. The molecule has 0 bridgehead atoms. The zero-order chi connectivity index (χ0) is 16.8. The fourth-order valence-corrected chi connectivity index (χ4v) is 2.26. The first-order valence-electron chi connectivity index (χ1n) is 7.48. The van der Waals surface area contributed by atoms with Gasteiger partial charge in [0.15, 0.2) is 0 Å². The lowest BCUT2D eigenvalue weighted by atomic mass is 10.1. The van der Waals surface area contributed by atoms with Gasteiger partial charge in [-0.2, -0.15) is 0 Å². The van der Waals surface area contributed by atoms with Crippen LogP contribution in [-0.2, 0) is 0 Å². The van der Waals surface area contributed by atoms with Crippen molar-refractivity contribution in [3.05, 3.63) is 78.6 Å². The summed E-state index contributed by atoms with van der Waals surface area (Å²) >= 11 is 0. The number of nitrogens with one attached hydrogen (secondary N) is 2. The number of anilines is 3. The van der Waals surface area contributed by atoms with Crippen LogP contribution in [0.2, 0.25) is 0 Å². The zero-order valence-electron chi connectivity index (χ0n) is 13.2. The van der Waals surface area contributed by atoms with E-state index in [4.69, 9.17) is 4.74 Å². The predicted octanol–water partition coefficient (Wildman–Crippen LogP) is 4.09. The molecule has 0 saturated carbocycles. The van der Waals surface area contributed by atoms with Crippen molar-refractivity contribution in [3.8, 4) is 5.75 Å². The topological polar surface area (TPSA) is 63.2 Å². The highest BCUT2D eigenvalue weighted by molar-refractivity contribution is 6.08. The van der Waals surface area contributed by atoms with E-state index in [-0.39, 0.29) is 5.91 Å². The molecule has 5 nitrogen and oxygen atoms in total. The lowest BCUT2D eigenvalue weighted by molar-refractivity contribution is 0.102. The van der Waals surface area contributed by atoms with Crippen LogP contribution < -0.4 is 15.4 Å². The quantitative estimate of drug-likeness (QED) is 0.743. The Bertz CT molecular complexity index is 818. The molecule has 0 saturated heterocycles. The highest BCUT2D eigenvalue weighted by Crippen LogP contribution is 2.23. The van der Waals surface area contributed by atoms with E-state index in [1.807, 2.05) is 42.5 Å². The number of para-hydroxylation sites is 1. The third-order valence-electron chi connectivity index (χ3n) is 3.46. The maximum absolute atomic E-state index is 12.5. The largest absolute Gasteiger partial charge is 0.497 e. The van der Waals surface area contributed by atoms with Crippen LogP contribution in [-0.4, -0.2) is 18.0 Å². The number of amides is 1. The van der Waals surface area contributed by atoms with E-state index in [9.17, 15) is 4.79 Å². The predicted molar refractivity (Wildman–Crippen MR) is 94.9 cm³/mol. The Labute approximate surface area is 140 Å². The lowest BCUT2D eigenvalue weighted by Gasteiger charge is -2.12. The molecule has 0 aliphatic carbocycles. The molecular weight excluding hydrogens is 302 g/mol. The van der Waals surface area contributed by atoms with Crippen LogP contribution in [0.4, 0.5) is 17.1 Å². The second-order valence-corrected chi connectivity index (χ2v) is 5.09. The summed E-state index contributed by atoms with van der Waals surface area (Å²) in [6, 6.07) is 18.4. The maximum Gasteiger partial charge on any atom is 0.257 e. The molecule has 120 valence electrons. The molecule has 3 rings (SSSR count). The van der Waals surface area contributed by atoms with Gasteiger partial charge in [-0.05, 0) is 48.5 Å². The summed E-state index contributed by atoms with van der Waals surface area (Å²) in [4.78, 5) is 16.5. The van der Waals surface area contributed by atoms with Gasteiger partial charge in [0.25, 0.3) is 5.91 Å². The molecular formula is C19H17N3O2. The van der Waals surface area contributed by atoms with Crippen LogP contribution in [0.25, 0.3) is 0 Å². The molecule has 1 heterocycles. The van der Waals surface area contributed by atoms with E-state index in [2.05, 4.69) is 15.6 Å². The number of rotatable bonds is 5. The first-order valence-corrected chi connectivity index (χ1v) is 7.48. The molecule has 2 aromatic carbocycles. The molecule has 0 atom stereocenters. The number of carbonyl (C=O) groups excluding carboxylic acids is 1. The van der Waals surface area contributed by atoms with E-state index in [1.165, 1.54) is 0 Å². The summed E-state index contributed by atoms with van der Waals surface area (Å²) in [5.41, 5.74) is 2.81. The Morgan fingerprint density at radius 2 is 1.75 bits per heavy atom. The van der Waals surface area contributed by atoms with Crippen molar-refractivity contribution in [2.45, 2.75) is 0 Å². The van der Waals surface area contributed by atoms with Crippen molar-refractivity contribution in [2.24, 2.45) is 0 Å². The van der Waals surface area contributed by atoms with Crippen LogP contribution in [0.1, 0.15) is 10.4 Å². The first-order chi connectivity index (χ1) is 11.8. The average molecular weight is 319 g/mol. The Kier molecular flexibility index (Phi) is 4.72. The number of pyridine rings is 1. The number of aromatic nitrogens is 1. The van der Waals surface area contributed by atoms with E-state index in [0.717, 1.165) is 17.1 Å². The second-order valence-electron chi connectivity index (χ2n) is 5.09. The minimum absolute atomic E-state index is 0.195. The first kappa shape index (κ1) is 15.6. The fourth-order valence-electron chi connectivity index (χ4n) is 2.26. The molecule has 0 aliphatic heterocycles. The molecule has 0 fully saturated rings. The normalized spacial score (nSPS) is 10.0. The molecule has 5 heteroatoms. The minimum Gasteiger partial charge on any atom is -0.497 e. The fraction of sp³-hybridized carbons (Fsp3) is 0.0526. The number of hydrogen-bond donors (Lipinski definition) is 2. The van der Waals surface area contributed by atoms with Crippen LogP contribution in [0, 0.1) is 0 Å². The van der Waals surface area contributed by atoms with Gasteiger partial charge in [-0.3, -0.25) is 9.78 Å². The molecule has 3 aromatic rings. The summed E-state index contributed by atoms with van der Waals surface area (Å²) < 4.78 is 5.15. The van der Waals surface area contributed by atoms with Gasteiger partial charge in [-0.1, -0.05) is 12.1 Å². The van der Waals surface area contributed by atoms with Crippen molar-refractivity contribution in [2.75, 3.05) is 17.7 Å². The van der Waals surface area contributed by atoms with Gasteiger partial charge in [-0.15, -0.1) is 0 Å². The summed E-state index contributed by atoms with van der Waals surface area (Å²) in [7, 11) is 1.63. The van der Waals surface area contributed by atoms with Crippen molar-refractivity contribution in [3.63, 3.8) is 0 Å². The Hall–Kier alpha value is -3.34. The molecule has 0 radical (unpaired) electrons. The van der Waals surface area contributed by atoms with Gasteiger partial charge in [0.05, 0.1) is 30.2 Å². The molecule has 1 aromatic heterocycles. The summed E-state index contributed by atoms with van der Waals surface area (Å²) in [6.45, 7) is 0. The monoisotopic (exact) mass is 319 g/mol. The van der Waals surface area contributed by atoms with Crippen molar-refractivity contribution in [1.29, 1.82) is 0 Å². The average Bonchev–Trinajstić information content (AvgIpc) is 2.63. The second kappa shape index (κ2) is 7.28. The molecule has 2 N–H and O–H groups in total. The minimum atomic E-state index is -0.195. The Balaban J connectivity index is 1.80. The van der Waals surface area contributed by atoms with E-state index in [0.29, 0.717) is 11.3 Å². The van der Waals surface area contributed by atoms with Crippen LogP contribution >= 0.6 is 0 Å². The van der Waals surface area contributed by atoms with Crippen LogP contribution in [0.3, 0.4) is 0 Å². The van der Waals surface area contributed by atoms with Gasteiger partial charge in [0, 0.05) is 11.9 Å². The van der Waals surface area contributed by atoms with Crippen LogP contribution in [0.15, 0.2) is 73.1 Å². The summed E-state index contributed by atoms with van der Waals surface area (Å²) in [5, 5.41) is 6.10. The van der Waals surface area contributed by atoms with Crippen molar-refractivity contribution in [1.82, 2.24) is 4.98 Å². The Morgan fingerprint density at radius 1 is 0.958 bits per heavy atom. The SMILES string of the molecule is COc1ccc(Nc2ccccc2C(=O)Nc2cccnc2)cc1. The lowest BCUT2D eigenvalue weighted by Crippen LogP contribution is -2.13. The van der Waals surface area contributed by atoms with Crippen molar-refractivity contribution >= 4 is 23.0 Å². The van der Waals surface area contributed by atoms with Gasteiger partial charge >= 0.3 is 0 Å². The molecule has 0 spiro atoms. The molecule has 1 amide bonds. The smallest absolute Gasteiger partial charge is 0.257 e. The van der Waals surface area contributed by atoms with E-state index in [1.54, 1.807) is 37.7 Å². The number of hydrogen-bond acceptors (Lipinski definition) is 4. The third kappa shape index (κ3) is 3.70.